The molecule has 4 nitrogen and oxygen atoms in total. The topological polar surface area (TPSA) is 52.6 Å². The van der Waals surface area contributed by atoms with Crippen LogP contribution in [0.4, 0.5) is 0 Å². The van der Waals surface area contributed by atoms with Crippen molar-refractivity contribution in [3.05, 3.63) is 35.9 Å². The van der Waals surface area contributed by atoms with Crippen LogP contribution in [0, 0.1) is 5.92 Å². The summed E-state index contributed by atoms with van der Waals surface area (Å²) in [5, 5.41) is 12.8. The summed E-state index contributed by atoms with van der Waals surface area (Å²) in [6, 6.07) is 9.69. The second kappa shape index (κ2) is 8.02. The molecular formula is C16H26N2O2. The van der Waals surface area contributed by atoms with Gasteiger partial charge in [0, 0.05) is 19.1 Å². The van der Waals surface area contributed by atoms with E-state index in [1.54, 1.807) is 0 Å². The molecule has 1 aromatic carbocycles. The van der Waals surface area contributed by atoms with Gasteiger partial charge in [0.25, 0.3) is 0 Å². The third kappa shape index (κ3) is 5.31. The van der Waals surface area contributed by atoms with Gasteiger partial charge in [0.05, 0.1) is 5.92 Å². The number of rotatable bonds is 8. The van der Waals surface area contributed by atoms with Gasteiger partial charge in [-0.3, -0.25) is 4.79 Å². The fourth-order valence-electron chi connectivity index (χ4n) is 2.21. The molecule has 0 amide bonds. The summed E-state index contributed by atoms with van der Waals surface area (Å²) in [4.78, 5) is 13.6. The molecule has 20 heavy (non-hydrogen) atoms. The number of benzene rings is 1. The van der Waals surface area contributed by atoms with Gasteiger partial charge in [-0.1, -0.05) is 44.2 Å². The van der Waals surface area contributed by atoms with Crippen LogP contribution in [0.3, 0.4) is 0 Å². The van der Waals surface area contributed by atoms with Gasteiger partial charge < -0.3 is 15.3 Å². The van der Waals surface area contributed by atoms with Crippen LogP contribution in [0.1, 0.15) is 25.3 Å². The molecule has 2 unspecified atom stereocenters. The zero-order valence-corrected chi connectivity index (χ0v) is 12.8. The van der Waals surface area contributed by atoms with Crippen molar-refractivity contribution in [1.29, 1.82) is 0 Å². The monoisotopic (exact) mass is 278 g/mol. The van der Waals surface area contributed by atoms with E-state index in [-0.39, 0.29) is 6.04 Å². The van der Waals surface area contributed by atoms with Crippen LogP contribution in [-0.2, 0) is 4.79 Å². The van der Waals surface area contributed by atoms with E-state index in [2.05, 4.69) is 24.1 Å². The Labute approximate surface area is 121 Å². The molecule has 4 heteroatoms. The minimum atomic E-state index is -0.781. The van der Waals surface area contributed by atoms with Crippen molar-refractivity contribution in [2.45, 2.75) is 25.8 Å². The van der Waals surface area contributed by atoms with Crippen molar-refractivity contribution < 1.29 is 9.90 Å². The lowest BCUT2D eigenvalue weighted by Crippen LogP contribution is -2.44. The average molecular weight is 278 g/mol. The summed E-state index contributed by atoms with van der Waals surface area (Å²) in [5.74, 6) is -0.821. The standard InChI is InChI=1S/C16H26N2O2/c1-12(2)15(11-18(3)4)17-10-14(16(19)20)13-8-6-5-7-9-13/h5-9,12,14-15,17H,10-11H2,1-4H3,(H,19,20). The second-order valence-corrected chi connectivity index (χ2v) is 5.82. The minimum absolute atomic E-state index is 0.288. The molecule has 0 aromatic heterocycles. The van der Waals surface area contributed by atoms with Crippen LogP contribution < -0.4 is 5.32 Å². The van der Waals surface area contributed by atoms with Crippen molar-refractivity contribution in [2.75, 3.05) is 27.2 Å². The average Bonchev–Trinajstić information content (AvgIpc) is 2.37. The summed E-state index contributed by atoms with van der Waals surface area (Å²) in [5.41, 5.74) is 0.847. The number of nitrogens with one attached hydrogen (secondary N) is 1. The molecule has 1 rings (SSSR count). The van der Waals surface area contributed by atoms with Crippen molar-refractivity contribution in [1.82, 2.24) is 10.2 Å². The zero-order chi connectivity index (χ0) is 15.1. The maximum absolute atomic E-state index is 11.5. The number of hydrogen-bond donors (Lipinski definition) is 2. The summed E-state index contributed by atoms with van der Waals surface area (Å²) in [6.45, 7) is 5.66. The molecule has 0 heterocycles. The predicted molar refractivity (Wildman–Crippen MR) is 82.0 cm³/mol. The van der Waals surface area contributed by atoms with Gasteiger partial charge in [-0.2, -0.15) is 0 Å². The van der Waals surface area contributed by atoms with Crippen LogP contribution in [0.2, 0.25) is 0 Å². The molecule has 0 bridgehead atoms. The molecule has 2 N–H and O–H groups in total. The first-order valence-corrected chi connectivity index (χ1v) is 7.07. The van der Waals surface area contributed by atoms with Crippen molar-refractivity contribution in [2.24, 2.45) is 5.92 Å². The molecular weight excluding hydrogens is 252 g/mol. The highest BCUT2D eigenvalue weighted by atomic mass is 16.4. The lowest BCUT2D eigenvalue weighted by Gasteiger charge is -2.27. The molecule has 112 valence electrons. The number of carbonyl (C=O) groups is 1. The van der Waals surface area contributed by atoms with Gasteiger partial charge in [-0.15, -0.1) is 0 Å². The van der Waals surface area contributed by atoms with Crippen LogP contribution in [-0.4, -0.2) is 49.2 Å². The maximum atomic E-state index is 11.5. The summed E-state index contributed by atoms with van der Waals surface area (Å²) in [7, 11) is 4.06. The van der Waals surface area contributed by atoms with Crippen LogP contribution in [0.15, 0.2) is 30.3 Å². The van der Waals surface area contributed by atoms with Crippen LogP contribution in [0.5, 0.6) is 0 Å². The van der Waals surface area contributed by atoms with Gasteiger partial charge in [-0.25, -0.2) is 0 Å². The first-order chi connectivity index (χ1) is 9.41. The highest BCUT2D eigenvalue weighted by Gasteiger charge is 2.22. The largest absolute Gasteiger partial charge is 0.481 e. The van der Waals surface area contributed by atoms with Crippen molar-refractivity contribution in [3.8, 4) is 0 Å². The number of carboxylic acid groups (broad SMARTS) is 1. The number of aliphatic carboxylic acids is 1. The third-order valence-electron chi connectivity index (χ3n) is 3.45. The molecule has 0 radical (unpaired) electrons. The predicted octanol–water partition coefficient (Wildman–Crippen LogP) is 2.03. The van der Waals surface area contributed by atoms with Crippen LogP contribution >= 0.6 is 0 Å². The Morgan fingerprint density at radius 2 is 1.85 bits per heavy atom. The molecule has 0 aliphatic carbocycles. The zero-order valence-electron chi connectivity index (χ0n) is 12.8. The van der Waals surface area contributed by atoms with Gasteiger partial charge in [0.1, 0.15) is 0 Å². The SMILES string of the molecule is CC(C)C(CN(C)C)NCC(C(=O)O)c1ccccc1. The molecule has 0 aliphatic rings. The quantitative estimate of drug-likeness (QED) is 0.764. The van der Waals surface area contributed by atoms with Crippen LogP contribution in [0.25, 0.3) is 0 Å². The van der Waals surface area contributed by atoms with E-state index in [1.807, 2.05) is 44.4 Å². The number of hydrogen-bond acceptors (Lipinski definition) is 3. The first kappa shape index (κ1) is 16.7. The van der Waals surface area contributed by atoms with E-state index in [1.165, 1.54) is 0 Å². The Morgan fingerprint density at radius 1 is 1.25 bits per heavy atom. The summed E-state index contributed by atoms with van der Waals surface area (Å²) in [6.07, 6.45) is 0. The van der Waals surface area contributed by atoms with E-state index in [4.69, 9.17) is 0 Å². The number of nitrogens with zero attached hydrogens (tertiary/aromatic N) is 1. The molecule has 1 aromatic rings. The third-order valence-corrected chi connectivity index (χ3v) is 3.45. The molecule has 0 saturated heterocycles. The highest BCUT2D eigenvalue weighted by molar-refractivity contribution is 5.76. The second-order valence-electron chi connectivity index (χ2n) is 5.82. The normalized spacial score (nSPS) is 14.5. The number of carboxylic acids is 1. The fraction of sp³-hybridized carbons (Fsp3) is 0.562. The summed E-state index contributed by atoms with van der Waals surface area (Å²) < 4.78 is 0. The highest BCUT2D eigenvalue weighted by Crippen LogP contribution is 2.15. The Hall–Kier alpha value is -1.39. The van der Waals surface area contributed by atoms with E-state index < -0.39 is 11.9 Å². The molecule has 0 spiro atoms. The van der Waals surface area contributed by atoms with Crippen molar-refractivity contribution >= 4 is 5.97 Å². The lowest BCUT2D eigenvalue weighted by atomic mass is 9.97. The molecule has 0 saturated carbocycles. The van der Waals surface area contributed by atoms with E-state index in [9.17, 15) is 9.90 Å². The molecule has 0 fully saturated rings. The van der Waals surface area contributed by atoms with E-state index in [0.29, 0.717) is 12.5 Å². The number of likely N-dealkylation sites (N-methyl/N-ethyl adjacent to an activating group) is 1. The smallest absolute Gasteiger partial charge is 0.312 e. The van der Waals surface area contributed by atoms with Gasteiger partial charge >= 0.3 is 5.97 Å². The van der Waals surface area contributed by atoms with Gasteiger partial charge in [-0.05, 0) is 25.6 Å². The van der Waals surface area contributed by atoms with Crippen molar-refractivity contribution in [3.63, 3.8) is 0 Å². The Kier molecular flexibility index (Phi) is 6.68. The fourth-order valence-corrected chi connectivity index (χ4v) is 2.21. The maximum Gasteiger partial charge on any atom is 0.312 e. The van der Waals surface area contributed by atoms with E-state index >= 15 is 0 Å². The van der Waals surface area contributed by atoms with E-state index in [0.717, 1.165) is 12.1 Å². The molecule has 2 atom stereocenters. The van der Waals surface area contributed by atoms with Gasteiger partial charge in [0.2, 0.25) is 0 Å². The molecule has 0 aliphatic heterocycles. The summed E-state index contributed by atoms with van der Waals surface area (Å²) >= 11 is 0. The van der Waals surface area contributed by atoms with Gasteiger partial charge in [0.15, 0.2) is 0 Å². The lowest BCUT2D eigenvalue weighted by molar-refractivity contribution is -0.138. The first-order valence-electron chi connectivity index (χ1n) is 7.07. The Morgan fingerprint density at radius 3 is 2.30 bits per heavy atom. The Bertz CT molecular complexity index is 404. The minimum Gasteiger partial charge on any atom is -0.481 e. The Balaban J connectivity index is 2.69.